The van der Waals surface area contributed by atoms with Gasteiger partial charge in [0, 0.05) is 28.1 Å². The third-order valence-electron chi connectivity index (χ3n) is 4.74. The number of rotatable bonds is 6. The average Bonchev–Trinajstić information content (AvgIpc) is 3.16. The summed E-state index contributed by atoms with van der Waals surface area (Å²) >= 11 is 1.70. The number of amides is 1. The molecule has 4 aromatic rings. The fraction of sp³-hybridized carbons (Fsp3) is 0.120. The third-order valence-corrected chi connectivity index (χ3v) is 5.76. The number of thiazole rings is 1. The van der Waals surface area contributed by atoms with Gasteiger partial charge in [-0.05, 0) is 31.0 Å². The standard InChI is InChI=1S/C25H22N2OS/c1-18-24(27-25(29-18)21-10-6-3-7-11-21)20-13-15-22(16-14-20)26-23(28)17-12-19-8-4-2-5-9-19/h2-11,13-16H,12,17H2,1H3,(H,26,28). The number of nitrogens with zero attached hydrogens (tertiary/aromatic N) is 1. The van der Waals surface area contributed by atoms with Gasteiger partial charge >= 0.3 is 0 Å². The summed E-state index contributed by atoms with van der Waals surface area (Å²) in [6.45, 7) is 2.10. The zero-order valence-electron chi connectivity index (χ0n) is 16.3. The molecule has 1 N–H and O–H groups in total. The summed E-state index contributed by atoms with van der Waals surface area (Å²) in [5, 5.41) is 4.00. The van der Waals surface area contributed by atoms with Gasteiger partial charge in [0.2, 0.25) is 5.91 Å². The van der Waals surface area contributed by atoms with Crippen LogP contribution in [0.2, 0.25) is 0 Å². The molecule has 3 aromatic carbocycles. The van der Waals surface area contributed by atoms with Crippen molar-refractivity contribution >= 4 is 22.9 Å². The Morgan fingerprint density at radius 1 is 0.862 bits per heavy atom. The molecule has 0 spiro atoms. The zero-order valence-corrected chi connectivity index (χ0v) is 17.1. The van der Waals surface area contributed by atoms with Gasteiger partial charge in [-0.25, -0.2) is 4.98 Å². The van der Waals surface area contributed by atoms with Crippen molar-refractivity contribution in [3.05, 3.63) is 95.4 Å². The molecular formula is C25H22N2OS. The molecule has 1 heterocycles. The summed E-state index contributed by atoms with van der Waals surface area (Å²) in [5.41, 5.74) is 5.17. The molecule has 0 fully saturated rings. The lowest BCUT2D eigenvalue weighted by Crippen LogP contribution is -2.12. The lowest BCUT2D eigenvalue weighted by Gasteiger charge is -2.06. The Kier molecular flexibility index (Phi) is 5.82. The van der Waals surface area contributed by atoms with Gasteiger partial charge in [-0.1, -0.05) is 72.8 Å². The van der Waals surface area contributed by atoms with Gasteiger partial charge < -0.3 is 5.32 Å². The van der Waals surface area contributed by atoms with Gasteiger partial charge in [0.15, 0.2) is 0 Å². The second-order valence-corrected chi connectivity index (χ2v) is 8.10. The molecule has 0 unspecified atom stereocenters. The number of hydrogen-bond acceptors (Lipinski definition) is 3. The molecular weight excluding hydrogens is 376 g/mol. The van der Waals surface area contributed by atoms with Gasteiger partial charge in [-0.3, -0.25) is 4.79 Å². The third kappa shape index (κ3) is 4.79. The van der Waals surface area contributed by atoms with E-state index in [4.69, 9.17) is 4.98 Å². The molecule has 4 heteroatoms. The van der Waals surface area contributed by atoms with Crippen molar-refractivity contribution < 1.29 is 4.79 Å². The van der Waals surface area contributed by atoms with Crippen LogP contribution in [0.15, 0.2) is 84.9 Å². The van der Waals surface area contributed by atoms with Gasteiger partial charge in [0.1, 0.15) is 5.01 Å². The molecule has 0 bridgehead atoms. The first-order valence-electron chi connectivity index (χ1n) is 9.66. The fourth-order valence-corrected chi connectivity index (χ4v) is 4.15. The molecule has 0 aliphatic carbocycles. The Bertz CT molecular complexity index is 1090. The van der Waals surface area contributed by atoms with Gasteiger partial charge in [-0.2, -0.15) is 0 Å². The predicted octanol–water partition coefficient (Wildman–Crippen LogP) is 6.36. The van der Waals surface area contributed by atoms with E-state index in [1.807, 2.05) is 72.8 Å². The molecule has 1 aromatic heterocycles. The molecule has 4 rings (SSSR count). The summed E-state index contributed by atoms with van der Waals surface area (Å²) in [6.07, 6.45) is 1.21. The highest BCUT2D eigenvalue weighted by Crippen LogP contribution is 2.33. The minimum atomic E-state index is 0.0257. The van der Waals surface area contributed by atoms with Crippen LogP contribution in [0.3, 0.4) is 0 Å². The number of nitrogens with one attached hydrogen (secondary N) is 1. The van der Waals surface area contributed by atoms with Crippen LogP contribution in [0.4, 0.5) is 5.69 Å². The minimum Gasteiger partial charge on any atom is -0.326 e. The second kappa shape index (κ2) is 8.84. The van der Waals surface area contributed by atoms with E-state index < -0.39 is 0 Å². The number of hydrogen-bond donors (Lipinski definition) is 1. The highest BCUT2D eigenvalue weighted by atomic mass is 32.1. The summed E-state index contributed by atoms with van der Waals surface area (Å²) in [6, 6.07) is 28.2. The van der Waals surface area contributed by atoms with E-state index in [9.17, 15) is 4.79 Å². The van der Waals surface area contributed by atoms with E-state index in [1.54, 1.807) is 11.3 Å². The van der Waals surface area contributed by atoms with Crippen LogP contribution in [-0.2, 0) is 11.2 Å². The molecule has 0 saturated heterocycles. The van der Waals surface area contributed by atoms with Crippen molar-refractivity contribution in [2.24, 2.45) is 0 Å². The highest BCUT2D eigenvalue weighted by Gasteiger charge is 2.11. The Hall–Kier alpha value is -3.24. The van der Waals surface area contributed by atoms with Crippen molar-refractivity contribution in [1.82, 2.24) is 4.98 Å². The smallest absolute Gasteiger partial charge is 0.224 e. The molecule has 0 saturated carbocycles. The first-order valence-corrected chi connectivity index (χ1v) is 10.5. The maximum absolute atomic E-state index is 12.2. The number of anilines is 1. The molecule has 1 amide bonds. The van der Waals surface area contributed by atoms with Gasteiger partial charge in [-0.15, -0.1) is 11.3 Å². The van der Waals surface area contributed by atoms with Crippen LogP contribution >= 0.6 is 11.3 Å². The summed E-state index contributed by atoms with van der Waals surface area (Å²) in [4.78, 5) is 18.3. The molecule has 144 valence electrons. The first-order chi connectivity index (χ1) is 14.2. The van der Waals surface area contributed by atoms with Crippen molar-refractivity contribution in [2.75, 3.05) is 5.32 Å². The predicted molar refractivity (Wildman–Crippen MR) is 121 cm³/mol. The fourth-order valence-electron chi connectivity index (χ4n) is 3.21. The van der Waals surface area contributed by atoms with E-state index in [2.05, 4.69) is 24.4 Å². The minimum absolute atomic E-state index is 0.0257. The molecule has 29 heavy (non-hydrogen) atoms. The van der Waals surface area contributed by atoms with E-state index in [-0.39, 0.29) is 5.91 Å². The van der Waals surface area contributed by atoms with Crippen molar-refractivity contribution in [3.63, 3.8) is 0 Å². The zero-order chi connectivity index (χ0) is 20.1. The summed E-state index contributed by atoms with van der Waals surface area (Å²) in [5.74, 6) is 0.0257. The van der Waals surface area contributed by atoms with Crippen LogP contribution in [-0.4, -0.2) is 10.9 Å². The van der Waals surface area contributed by atoms with Crippen LogP contribution in [0.25, 0.3) is 21.8 Å². The SMILES string of the molecule is Cc1sc(-c2ccccc2)nc1-c1ccc(NC(=O)CCc2ccccc2)cc1. The van der Waals surface area contributed by atoms with Gasteiger partial charge in [0.25, 0.3) is 0 Å². The number of aromatic nitrogens is 1. The summed E-state index contributed by atoms with van der Waals surface area (Å²) in [7, 11) is 0. The molecule has 0 aliphatic heterocycles. The molecule has 0 radical (unpaired) electrons. The first kappa shape index (κ1) is 19.1. The molecule has 0 aliphatic rings. The maximum atomic E-state index is 12.2. The second-order valence-electron chi connectivity index (χ2n) is 6.90. The topological polar surface area (TPSA) is 42.0 Å². The Labute approximate surface area is 175 Å². The number of benzene rings is 3. The normalized spacial score (nSPS) is 10.7. The number of aryl methyl sites for hydroxylation is 2. The lowest BCUT2D eigenvalue weighted by molar-refractivity contribution is -0.116. The van der Waals surface area contributed by atoms with E-state index in [0.717, 1.165) is 33.9 Å². The lowest BCUT2D eigenvalue weighted by atomic mass is 10.1. The van der Waals surface area contributed by atoms with E-state index in [0.29, 0.717) is 6.42 Å². The largest absolute Gasteiger partial charge is 0.326 e. The van der Waals surface area contributed by atoms with Crippen LogP contribution in [0.1, 0.15) is 16.9 Å². The van der Waals surface area contributed by atoms with Crippen LogP contribution in [0, 0.1) is 6.92 Å². The van der Waals surface area contributed by atoms with Crippen LogP contribution < -0.4 is 5.32 Å². The quantitative estimate of drug-likeness (QED) is 0.411. The van der Waals surface area contributed by atoms with Crippen molar-refractivity contribution in [1.29, 1.82) is 0 Å². The monoisotopic (exact) mass is 398 g/mol. The average molecular weight is 399 g/mol. The maximum Gasteiger partial charge on any atom is 0.224 e. The number of carbonyl (C=O) groups is 1. The van der Waals surface area contributed by atoms with E-state index in [1.165, 1.54) is 10.4 Å². The molecule has 0 atom stereocenters. The van der Waals surface area contributed by atoms with E-state index >= 15 is 0 Å². The van der Waals surface area contributed by atoms with Crippen LogP contribution in [0.5, 0.6) is 0 Å². The van der Waals surface area contributed by atoms with Gasteiger partial charge in [0.05, 0.1) is 5.69 Å². The Morgan fingerprint density at radius 2 is 1.52 bits per heavy atom. The summed E-state index contributed by atoms with van der Waals surface area (Å²) < 4.78 is 0. The van der Waals surface area contributed by atoms with Crippen molar-refractivity contribution in [2.45, 2.75) is 19.8 Å². The van der Waals surface area contributed by atoms with Crippen molar-refractivity contribution in [3.8, 4) is 21.8 Å². The Balaban J connectivity index is 1.42. The Morgan fingerprint density at radius 3 is 2.21 bits per heavy atom. The highest BCUT2D eigenvalue weighted by molar-refractivity contribution is 7.15. The number of carbonyl (C=O) groups excluding carboxylic acids is 1. The molecule has 3 nitrogen and oxygen atoms in total.